The maximum atomic E-state index is 13.9. The van der Waals surface area contributed by atoms with Crippen LogP contribution in [0.3, 0.4) is 0 Å². The number of Topliss-reactive ketones (excluding diaryl/α,β-unsaturated/α-hetero) is 2. The van der Waals surface area contributed by atoms with Gasteiger partial charge in [0, 0.05) is 23.8 Å². The number of aliphatic hydroxyl groups is 3. The molecule has 0 saturated heterocycles. The van der Waals surface area contributed by atoms with E-state index >= 15 is 0 Å². The van der Waals surface area contributed by atoms with Crippen molar-refractivity contribution in [2.24, 2.45) is 40.7 Å². The number of primary amides is 1. The Morgan fingerprint density at radius 3 is 2.40 bits per heavy atom. The molecule has 7 aliphatic carbocycles. The number of nitrogens with two attached hydrogens (primary N) is 1. The number of hydrogen-bond acceptors (Lipinski definition) is 9. The van der Waals surface area contributed by atoms with E-state index in [-0.39, 0.29) is 28.7 Å². The van der Waals surface area contributed by atoms with Crippen LogP contribution in [0.2, 0.25) is 0 Å². The molecule has 0 radical (unpaired) electrons. The highest BCUT2D eigenvalue weighted by Gasteiger charge is 2.65. The van der Waals surface area contributed by atoms with Crippen LogP contribution in [0.4, 0.5) is 0 Å². The van der Waals surface area contributed by atoms with Crippen molar-refractivity contribution < 1.29 is 44.3 Å². The second-order valence-electron chi connectivity index (χ2n) is 14.1. The number of amides is 1. The number of hydrogen-bond donors (Lipinski definition) is 5. The van der Waals surface area contributed by atoms with Crippen LogP contribution in [-0.2, 0) is 19.1 Å². The molecule has 0 aromatic heterocycles. The standard InChI is InChI=1S/C33H37NO9/c1-14-18-3-2-4-20(35)24(18)27(38)26-23(14)28(19-10-21(36)25(31(34)41)29(39)33(19,42)30(26)40)43-22(37)13-32-6-5-15-7-16(11-32)9-17(8-15)12-32/h2-4,14-17,19,23,28,35-36,40,42H,5-13H2,1H3,(H2,34,41)/t14-,15?,16?,17?,19+,23+,28+,32?,33+/m0/s1. The van der Waals surface area contributed by atoms with Crippen molar-refractivity contribution in [3.63, 3.8) is 0 Å². The summed E-state index contributed by atoms with van der Waals surface area (Å²) in [5.74, 6) is -7.10. The quantitative estimate of drug-likeness (QED) is 0.257. The van der Waals surface area contributed by atoms with Crippen molar-refractivity contribution in [2.75, 3.05) is 0 Å². The Labute approximate surface area is 248 Å². The number of carbonyl (C=O) groups excluding carboxylic acids is 4. The topological polar surface area (TPSA) is 184 Å². The molecule has 10 nitrogen and oxygen atoms in total. The van der Waals surface area contributed by atoms with Crippen LogP contribution in [0.15, 0.2) is 40.9 Å². The van der Waals surface area contributed by atoms with Crippen LogP contribution in [0.1, 0.15) is 86.6 Å². The Kier molecular flexibility index (Phi) is 6.16. The molecule has 4 fully saturated rings. The lowest BCUT2D eigenvalue weighted by Crippen LogP contribution is -2.63. The van der Waals surface area contributed by atoms with Gasteiger partial charge in [-0.2, -0.15) is 0 Å². The van der Waals surface area contributed by atoms with Crippen LogP contribution in [-0.4, -0.2) is 55.6 Å². The van der Waals surface area contributed by atoms with Crippen LogP contribution >= 0.6 is 0 Å². The third kappa shape index (κ3) is 3.94. The highest BCUT2D eigenvalue weighted by molar-refractivity contribution is 6.24. The van der Waals surface area contributed by atoms with Crippen molar-refractivity contribution in [3.8, 4) is 5.75 Å². The molecule has 7 atom stereocenters. The number of phenolic OH excluding ortho intramolecular Hbond substituents is 1. The summed E-state index contributed by atoms with van der Waals surface area (Å²) < 4.78 is 6.22. The zero-order valence-electron chi connectivity index (χ0n) is 24.0. The van der Waals surface area contributed by atoms with E-state index < -0.39 is 76.4 Å². The number of esters is 1. The van der Waals surface area contributed by atoms with E-state index in [2.05, 4.69) is 0 Å². The first-order valence-corrected chi connectivity index (χ1v) is 15.3. The van der Waals surface area contributed by atoms with Gasteiger partial charge in [0.2, 0.25) is 5.78 Å². The summed E-state index contributed by atoms with van der Waals surface area (Å²) >= 11 is 0. The molecule has 0 aliphatic heterocycles. The summed E-state index contributed by atoms with van der Waals surface area (Å²) in [6.07, 6.45) is 5.86. The molecule has 228 valence electrons. The molecule has 0 heterocycles. The lowest BCUT2D eigenvalue weighted by Gasteiger charge is -2.51. The smallest absolute Gasteiger partial charge is 0.306 e. The number of ketones is 2. The van der Waals surface area contributed by atoms with E-state index in [0.29, 0.717) is 23.3 Å². The number of ether oxygens (including phenoxy) is 1. The first-order chi connectivity index (χ1) is 20.3. The van der Waals surface area contributed by atoms with Gasteiger partial charge in [-0.25, -0.2) is 0 Å². The number of fused-ring (bicyclic) bond motifs is 4. The van der Waals surface area contributed by atoms with Crippen LogP contribution in [0.25, 0.3) is 0 Å². The lowest BCUT2D eigenvalue weighted by atomic mass is 9.56. The van der Waals surface area contributed by atoms with Crippen molar-refractivity contribution in [2.45, 2.75) is 82.3 Å². The molecular weight excluding hydrogens is 554 g/mol. The first-order valence-electron chi connectivity index (χ1n) is 15.3. The van der Waals surface area contributed by atoms with Gasteiger partial charge in [-0.3, -0.25) is 19.2 Å². The maximum Gasteiger partial charge on any atom is 0.306 e. The fourth-order valence-electron chi connectivity index (χ4n) is 10.1. The number of aliphatic hydroxyl groups excluding tert-OH is 2. The number of allylic oxidation sites excluding steroid dienone is 1. The fraction of sp³-hybridized carbons (Fsp3) is 0.576. The zero-order chi connectivity index (χ0) is 30.6. The monoisotopic (exact) mass is 591 g/mol. The predicted octanol–water partition coefficient (Wildman–Crippen LogP) is 3.66. The molecule has 0 spiro atoms. The minimum absolute atomic E-state index is 0.0821. The van der Waals surface area contributed by atoms with Gasteiger partial charge >= 0.3 is 5.97 Å². The van der Waals surface area contributed by atoms with E-state index in [1.807, 2.05) is 0 Å². The molecule has 1 aromatic carbocycles. The molecule has 4 saturated carbocycles. The Morgan fingerprint density at radius 2 is 1.72 bits per heavy atom. The minimum atomic E-state index is -2.86. The van der Waals surface area contributed by atoms with Gasteiger partial charge in [-0.05, 0) is 85.7 Å². The Morgan fingerprint density at radius 1 is 1.05 bits per heavy atom. The molecule has 43 heavy (non-hydrogen) atoms. The Balaban J connectivity index is 1.32. The molecule has 2 unspecified atom stereocenters. The first kappa shape index (κ1) is 28.1. The normalized spacial score (nSPS) is 39.6. The minimum Gasteiger partial charge on any atom is -0.511 e. The van der Waals surface area contributed by atoms with Crippen LogP contribution in [0.5, 0.6) is 5.75 Å². The maximum absolute atomic E-state index is 13.9. The van der Waals surface area contributed by atoms with Crippen molar-refractivity contribution in [3.05, 3.63) is 52.0 Å². The fourth-order valence-corrected chi connectivity index (χ4v) is 10.1. The molecule has 6 N–H and O–H groups in total. The molecular formula is C33H37NO9. The summed E-state index contributed by atoms with van der Waals surface area (Å²) in [5.41, 5.74) is 1.46. The number of benzene rings is 1. The molecule has 1 aromatic rings. The summed E-state index contributed by atoms with van der Waals surface area (Å²) in [5, 5.41) is 44.8. The van der Waals surface area contributed by atoms with E-state index in [1.54, 1.807) is 19.1 Å². The zero-order valence-corrected chi connectivity index (χ0v) is 24.0. The predicted molar refractivity (Wildman–Crippen MR) is 151 cm³/mol. The van der Waals surface area contributed by atoms with Gasteiger partial charge in [-0.15, -0.1) is 0 Å². The van der Waals surface area contributed by atoms with Crippen LogP contribution < -0.4 is 5.73 Å². The number of aromatic hydroxyl groups is 1. The average Bonchev–Trinajstić information content (AvgIpc) is 3.12. The molecule has 10 heteroatoms. The van der Waals surface area contributed by atoms with Gasteiger partial charge in [0.05, 0.1) is 12.0 Å². The third-order valence-corrected chi connectivity index (χ3v) is 11.6. The van der Waals surface area contributed by atoms with E-state index in [9.17, 15) is 39.6 Å². The molecule has 1 amide bonds. The summed E-state index contributed by atoms with van der Waals surface area (Å²) in [6.45, 7) is 1.76. The number of phenols is 1. The second kappa shape index (κ2) is 9.42. The summed E-state index contributed by atoms with van der Waals surface area (Å²) in [7, 11) is 0. The van der Waals surface area contributed by atoms with Crippen molar-refractivity contribution >= 4 is 23.4 Å². The molecule has 8 rings (SSSR count). The lowest BCUT2D eigenvalue weighted by molar-refractivity contribution is -0.177. The summed E-state index contributed by atoms with van der Waals surface area (Å²) in [4.78, 5) is 53.6. The molecule has 4 bridgehead atoms. The van der Waals surface area contributed by atoms with E-state index in [1.165, 1.54) is 25.3 Å². The van der Waals surface area contributed by atoms with Gasteiger partial charge in [0.1, 0.15) is 28.9 Å². The Hall–Kier alpha value is -3.66. The highest BCUT2D eigenvalue weighted by Crippen LogP contribution is 2.60. The number of rotatable bonds is 4. The van der Waals surface area contributed by atoms with Gasteiger partial charge in [0.15, 0.2) is 11.4 Å². The van der Waals surface area contributed by atoms with E-state index in [0.717, 1.165) is 25.7 Å². The third-order valence-electron chi connectivity index (χ3n) is 11.6. The van der Waals surface area contributed by atoms with Crippen LogP contribution in [0, 0.1) is 35.0 Å². The highest BCUT2D eigenvalue weighted by atomic mass is 16.5. The van der Waals surface area contributed by atoms with Gasteiger partial charge < -0.3 is 30.9 Å². The SMILES string of the molecule is C[C@H]1c2cccc(O)c2C(=O)C2=C(O)[C@]3(O)C(=O)C(C(N)=O)=C(O)C[C@@H]3[C@@H](OC(=O)CC34CCC5CC(CC(C5)C3)C4)[C@@H]21. The average molecular weight is 592 g/mol. The van der Waals surface area contributed by atoms with E-state index in [4.69, 9.17) is 10.5 Å². The van der Waals surface area contributed by atoms with Crippen molar-refractivity contribution in [1.29, 1.82) is 0 Å². The van der Waals surface area contributed by atoms with Gasteiger partial charge in [-0.1, -0.05) is 19.1 Å². The Bertz CT molecular complexity index is 1530. The van der Waals surface area contributed by atoms with Gasteiger partial charge in [0.25, 0.3) is 5.91 Å². The largest absolute Gasteiger partial charge is 0.511 e. The second-order valence-corrected chi connectivity index (χ2v) is 14.1. The summed E-state index contributed by atoms with van der Waals surface area (Å²) in [6, 6.07) is 4.57. The number of carbonyl (C=O) groups is 4. The van der Waals surface area contributed by atoms with Crippen molar-refractivity contribution in [1.82, 2.24) is 0 Å². The molecule has 7 aliphatic rings.